The van der Waals surface area contributed by atoms with Crippen molar-refractivity contribution in [3.8, 4) is 17.0 Å². The zero-order valence-corrected chi connectivity index (χ0v) is 7.77. The monoisotopic (exact) mass is 185 g/mol. The molecular weight excluding hydrogens is 176 g/mol. The predicted octanol–water partition coefficient (Wildman–Crippen LogP) is 1.95. The molecule has 0 saturated carbocycles. The summed E-state index contributed by atoms with van der Waals surface area (Å²) in [6, 6.07) is 9.47. The third-order valence-corrected chi connectivity index (χ3v) is 1.90. The smallest absolute Gasteiger partial charge is 0.119 e. The van der Waals surface area contributed by atoms with Gasteiger partial charge >= 0.3 is 0 Å². The largest absolute Gasteiger partial charge is 0.497 e. The Morgan fingerprint density at radius 1 is 1.36 bits per heavy atom. The fourth-order valence-electron chi connectivity index (χ4n) is 1.20. The lowest BCUT2D eigenvalue weighted by atomic mass is 10.1. The van der Waals surface area contributed by atoms with Crippen LogP contribution in [-0.4, -0.2) is 17.1 Å². The number of nitrogens with zero attached hydrogens (tertiary/aromatic N) is 2. The highest BCUT2D eigenvalue weighted by atomic mass is 16.5. The van der Waals surface area contributed by atoms with Crippen LogP contribution in [0.1, 0.15) is 0 Å². The van der Waals surface area contributed by atoms with Gasteiger partial charge in [0, 0.05) is 5.56 Å². The van der Waals surface area contributed by atoms with Crippen LogP contribution in [0.15, 0.2) is 36.7 Å². The van der Waals surface area contributed by atoms with Crippen molar-refractivity contribution in [1.82, 2.24) is 9.97 Å². The van der Waals surface area contributed by atoms with E-state index in [1.54, 1.807) is 13.2 Å². The first-order chi connectivity index (χ1) is 6.90. The third-order valence-electron chi connectivity index (χ3n) is 1.90. The molecule has 69 valence electrons. The fraction of sp³-hybridized carbons (Fsp3) is 0.0909. The van der Waals surface area contributed by atoms with E-state index >= 15 is 0 Å². The summed E-state index contributed by atoms with van der Waals surface area (Å²) >= 11 is 0. The molecule has 0 spiro atoms. The van der Waals surface area contributed by atoms with Crippen molar-refractivity contribution in [2.75, 3.05) is 7.11 Å². The maximum Gasteiger partial charge on any atom is 0.119 e. The average molecular weight is 185 g/mol. The molecule has 0 unspecified atom stereocenters. The lowest BCUT2D eigenvalue weighted by Crippen LogP contribution is -1.86. The van der Waals surface area contributed by atoms with E-state index < -0.39 is 0 Å². The van der Waals surface area contributed by atoms with Crippen LogP contribution >= 0.6 is 0 Å². The SMILES string of the molecule is COc1cccc(-c2c[c]ncn2)c1. The van der Waals surface area contributed by atoms with E-state index in [0.29, 0.717) is 0 Å². The standard InChI is InChI=1S/C11H9N2O/c1-14-10-4-2-3-9(7-10)11-5-6-12-8-13-11/h2-5,7-8H,1H3. The Morgan fingerprint density at radius 2 is 2.29 bits per heavy atom. The Kier molecular flexibility index (Phi) is 2.40. The summed E-state index contributed by atoms with van der Waals surface area (Å²) in [4.78, 5) is 7.87. The quantitative estimate of drug-likeness (QED) is 0.717. The van der Waals surface area contributed by atoms with E-state index in [4.69, 9.17) is 4.74 Å². The summed E-state index contributed by atoms with van der Waals surface area (Å²) in [5.41, 5.74) is 1.85. The Labute approximate surface area is 82.4 Å². The highest BCUT2D eigenvalue weighted by Gasteiger charge is 1.99. The van der Waals surface area contributed by atoms with Gasteiger partial charge in [0.2, 0.25) is 0 Å². The van der Waals surface area contributed by atoms with Gasteiger partial charge in [0.15, 0.2) is 0 Å². The van der Waals surface area contributed by atoms with E-state index in [0.717, 1.165) is 17.0 Å². The normalized spacial score (nSPS) is 9.79. The summed E-state index contributed by atoms with van der Waals surface area (Å²) < 4.78 is 5.12. The van der Waals surface area contributed by atoms with E-state index in [9.17, 15) is 0 Å². The minimum absolute atomic E-state index is 0.820. The number of methoxy groups -OCH3 is 1. The van der Waals surface area contributed by atoms with Crippen LogP contribution in [0.2, 0.25) is 0 Å². The van der Waals surface area contributed by atoms with Gasteiger partial charge in [0.1, 0.15) is 12.1 Å². The molecule has 0 saturated heterocycles. The first kappa shape index (κ1) is 8.69. The second kappa shape index (κ2) is 3.87. The van der Waals surface area contributed by atoms with Gasteiger partial charge in [0.25, 0.3) is 0 Å². The molecular formula is C11H9N2O. The van der Waals surface area contributed by atoms with Crippen molar-refractivity contribution in [1.29, 1.82) is 0 Å². The van der Waals surface area contributed by atoms with Crippen molar-refractivity contribution in [2.24, 2.45) is 0 Å². The summed E-state index contributed by atoms with van der Waals surface area (Å²) in [6.07, 6.45) is 4.22. The highest BCUT2D eigenvalue weighted by Crippen LogP contribution is 2.20. The van der Waals surface area contributed by atoms with E-state index in [1.807, 2.05) is 24.3 Å². The van der Waals surface area contributed by atoms with Gasteiger partial charge in [-0.25, -0.2) is 9.97 Å². The maximum atomic E-state index is 5.12. The van der Waals surface area contributed by atoms with Gasteiger partial charge in [-0.3, -0.25) is 0 Å². The molecule has 1 radical (unpaired) electrons. The maximum absolute atomic E-state index is 5.12. The Hall–Kier alpha value is -1.90. The van der Waals surface area contributed by atoms with E-state index in [-0.39, 0.29) is 0 Å². The van der Waals surface area contributed by atoms with Crippen molar-refractivity contribution in [2.45, 2.75) is 0 Å². The summed E-state index contributed by atoms with van der Waals surface area (Å²) in [5.74, 6) is 0.820. The van der Waals surface area contributed by atoms with Crippen LogP contribution in [0.4, 0.5) is 0 Å². The molecule has 1 heterocycles. The Bertz CT molecular complexity index is 415. The molecule has 3 nitrogen and oxygen atoms in total. The topological polar surface area (TPSA) is 35.0 Å². The van der Waals surface area contributed by atoms with Gasteiger partial charge in [-0.15, -0.1) is 0 Å². The molecule has 2 aromatic rings. The minimum Gasteiger partial charge on any atom is -0.497 e. The van der Waals surface area contributed by atoms with E-state index in [1.165, 1.54) is 6.33 Å². The van der Waals surface area contributed by atoms with Crippen LogP contribution in [0.5, 0.6) is 5.75 Å². The molecule has 0 fully saturated rings. The summed E-state index contributed by atoms with van der Waals surface area (Å²) in [6.45, 7) is 0. The van der Waals surface area contributed by atoms with Crippen LogP contribution in [0.3, 0.4) is 0 Å². The van der Waals surface area contributed by atoms with Gasteiger partial charge in [-0.05, 0) is 18.2 Å². The lowest BCUT2D eigenvalue weighted by Gasteiger charge is -2.02. The first-order valence-corrected chi connectivity index (χ1v) is 4.22. The van der Waals surface area contributed by atoms with Gasteiger partial charge in [-0.2, -0.15) is 0 Å². The molecule has 0 bridgehead atoms. The Balaban J connectivity index is 2.42. The van der Waals surface area contributed by atoms with Gasteiger partial charge < -0.3 is 4.74 Å². The zero-order chi connectivity index (χ0) is 9.80. The average Bonchev–Trinajstić information content (AvgIpc) is 2.30. The Morgan fingerprint density at radius 3 is 3.00 bits per heavy atom. The molecule has 0 aliphatic rings. The predicted molar refractivity (Wildman–Crippen MR) is 52.9 cm³/mol. The lowest BCUT2D eigenvalue weighted by molar-refractivity contribution is 0.415. The molecule has 14 heavy (non-hydrogen) atoms. The number of hydrogen-bond acceptors (Lipinski definition) is 3. The highest BCUT2D eigenvalue weighted by molar-refractivity contribution is 5.60. The number of aromatic nitrogens is 2. The molecule has 0 aliphatic carbocycles. The van der Waals surface area contributed by atoms with Crippen molar-refractivity contribution >= 4 is 0 Å². The molecule has 1 aromatic carbocycles. The van der Waals surface area contributed by atoms with Crippen molar-refractivity contribution in [3.63, 3.8) is 0 Å². The minimum atomic E-state index is 0.820. The number of rotatable bonds is 2. The van der Waals surface area contributed by atoms with Gasteiger partial charge in [-0.1, -0.05) is 12.1 Å². The van der Waals surface area contributed by atoms with Crippen molar-refractivity contribution < 1.29 is 4.74 Å². The van der Waals surface area contributed by atoms with Gasteiger partial charge in [0.05, 0.1) is 19.0 Å². The van der Waals surface area contributed by atoms with Crippen LogP contribution in [0.25, 0.3) is 11.3 Å². The molecule has 0 aliphatic heterocycles. The molecule has 1 aromatic heterocycles. The second-order valence-corrected chi connectivity index (χ2v) is 2.76. The number of benzene rings is 1. The molecule has 0 atom stereocenters. The molecule has 0 amide bonds. The summed E-state index contributed by atoms with van der Waals surface area (Å²) in [7, 11) is 1.64. The fourth-order valence-corrected chi connectivity index (χ4v) is 1.20. The first-order valence-electron chi connectivity index (χ1n) is 4.22. The van der Waals surface area contributed by atoms with Crippen LogP contribution < -0.4 is 4.74 Å². The zero-order valence-electron chi connectivity index (χ0n) is 7.77. The van der Waals surface area contributed by atoms with E-state index in [2.05, 4.69) is 16.2 Å². The number of ether oxygens (including phenoxy) is 1. The second-order valence-electron chi connectivity index (χ2n) is 2.76. The molecule has 0 N–H and O–H groups in total. The van der Waals surface area contributed by atoms with Crippen LogP contribution in [0, 0.1) is 6.20 Å². The summed E-state index contributed by atoms with van der Waals surface area (Å²) in [5, 5.41) is 0. The number of hydrogen-bond donors (Lipinski definition) is 0. The third kappa shape index (κ3) is 1.71. The molecule has 2 rings (SSSR count). The van der Waals surface area contributed by atoms with Crippen molar-refractivity contribution in [3.05, 3.63) is 42.9 Å². The van der Waals surface area contributed by atoms with Crippen LogP contribution in [-0.2, 0) is 0 Å². The molecule has 3 heteroatoms.